The minimum atomic E-state index is 0.649. The lowest BCUT2D eigenvalue weighted by molar-refractivity contribution is 0.278. The molecule has 0 bridgehead atoms. The maximum absolute atomic E-state index is 5.73. The number of hydrogen-bond donors (Lipinski definition) is 0. The minimum absolute atomic E-state index is 0.649. The van der Waals surface area contributed by atoms with Crippen molar-refractivity contribution in [2.75, 3.05) is 7.05 Å². The van der Waals surface area contributed by atoms with Crippen LogP contribution >= 0.6 is 0 Å². The van der Waals surface area contributed by atoms with Crippen molar-refractivity contribution < 1.29 is 4.42 Å². The molecule has 22 heavy (non-hydrogen) atoms. The Bertz CT molecular complexity index is 695. The van der Waals surface area contributed by atoms with Crippen LogP contribution in [0.15, 0.2) is 65.1 Å². The Morgan fingerprint density at radius 3 is 2.05 bits per heavy atom. The summed E-state index contributed by atoms with van der Waals surface area (Å²) in [5.41, 5.74) is 2.45. The molecule has 4 nitrogen and oxygen atoms in total. The normalized spacial score (nSPS) is 11.0. The van der Waals surface area contributed by atoms with Crippen molar-refractivity contribution in [3.8, 4) is 0 Å². The summed E-state index contributed by atoms with van der Waals surface area (Å²) in [5, 5.41) is 8.26. The summed E-state index contributed by atoms with van der Waals surface area (Å²) in [6, 6.07) is 20.5. The van der Waals surface area contributed by atoms with Gasteiger partial charge in [-0.15, -0.1) is 10.2 Å². The van der Waals surface area contributed by atoms with E-state index >= 15 is 0 Å². The van der Waals surface area contributed by atoms with Crippen molar-refractivity contribution in [2.45, 2.75) is 19.5 Å². The van der Waals surface area contributed by atoms with Crippen LogP contribution in [0.2, 0.25) is 0 Å². The van der Waals surface area contributed by atoms with E-state index in [1.165, 1.54) is 11.1 Å². The second kappa shape index (κ2) is 7.00. The molecule has 0 N–H and O–H groups in total. The zero-order valence-electron chi connectivity index (χ0n) is 12.6. The first kappa shape index (κ1) is 14.5. The molecule has 3 aromatic rings. The number of benzene rings is 2. The Kier molecular flexibility index (Phi) is 4.61. The van der Waals surface area contributed by atoms with Gasteiger partial charge in [0.1, 0.15) is 0 Å². The van der Waals surface area contributed by atoms with Gasteiger partial charge in [-0.25, -0.2) is 0 Å². The number of nitrogens with zero attached hydrogens (tertiary/aromatic N) is 3. The number of hydrogen-bond acceptors (Lipinski definition) is 4. The molecule has 0 saturated heterocycles. The van der Waals surface area contributed by atoms with E-state index in [1.807, 2.05) is 43.4 Å². The van der Waals surface area contributed by atoms with E-state index in [0.717, 1.165) is 6.54 Å². The number of rotatable bonds is 6. The minimum Gasteiger partial charge on any atom is -0.424 e. The fourth-order valence-electron chi connectivity index (χ4n) is 2.38. The van der Waals surface area contributed by atoms with Crippen LogP contribution in [-0.2, 0) is 19.5 Å². The van der Waals surface area contributed by atoms with Gasteiger partial charge in [-0.3, -0.25) is 4.90 Å². The van der Waals surface area contributed by atoms with E-state index < -0.39 is 0 Å². The monoisotopic (exact) mass is 293 g/mol. The SMILES string of the molecule is CN(Cc1ccccc1)Cc1nnc(Cc2ccccc2)o1. The second-order valence-electron chi connectivity index (χ2n) is 5.41. The van der Waals surface area contributed by atoms with Gasteiger partial charge in [-0.1, -0.05) is 60.7 Å². The first-order valence-electron chi connectivity index (χ1n) is 7.37. The molecule has 0 atom stereocenters. The highest BCUT2D eigenvalue weighted by Gasteiger charge is 2.09. The van der Waals surface area contributed by atoms with Gasteiger partial charge in [0.05, 0.1) is 13.0 Å². The molecule has 112 valence electrons. The van der Waals surface area contributed by atoms with Crippen LogP contribution < -0.4 is 0 Å². The lowest BCUT2D eigenvalue weighted by Crippen LogP contribution is -2.17. The van der Waals surface area contributed by atoms with Crippen LogP contribution in [0.25, 0.3) is 0 Å². The molecular weight excluding hydrogens is 274 g/mol. The molecule has 0 aliphatic rings. The van der Waals surface area contributed by atoms with E-state index in [2.05, 4.69) is 39.4 Å². The lowest BCUT2D eigenvalue weighted by Gasteiger charge is -2.13. The van der Waals surface area contributed by atoms with Gasteiger partial charge in [0, 0.05) is 6.54 Å². The summed E-state index contributed by atoms with van der Waals surface area (Å²) >= 11 is 0. The molecule has 0 aliphatic heterocycles. The lowest BCUT2D eigenvalue weighted by atomic mass is 10.2. The summed E-state index contributed by atoms with van der Waals surface area (Å²) in [6.07, 6.45) is 0.677. The molecule has 0 fully saturated rings. The summed E-state index contributed by atoms with van der Waals surface area (Å²) in [7, 11) is 2.05. The maximum Gasteiger partial charge on any atom is 0.230 e. The Labute approximate surface area is 130 Å². The molecule has 0 unspecified atom stereocenters. The van der Waals surface area contributed by atoms with Gasteiger partial charge >= 0.3 is 0 Å². The van der Waals surface area contributed by atoms with Crippen LogP contribution in [0.4, 0.5) is 0 Å². The molecule has 4 heteroatoms. The highest BCUT2D eigenvalue weighted by Crippen LogP contribution is 2.10. The molecule has 0 aliphatic carbocycles. The predicted molar refractivity (Wildman–Crippen MR) is 85.2 cm³/mol. The van der Waals surface area contributed by atoms with Crippen molar-refractivity contribution >= 4 is 0 Å². The van der Waals surface area contributed by atoms with E-state index in [-0.39, 0.29) is 0 Å². The largest absolute Gasteiger partial charge is 0.424 e. The molecule has 0 radical (unpaired) electrons. The highest BCUT2D eigenvalue weighted by atomic mass is 16.4. The van der Waals surface area contributed by atoms with Crippen molar-refractivity contribution in [2.24, 2.45) is 0 Å². The molecule has 2 aromatic carbocycles. The third-order valence-corrected chi connectivity index (χ3v) is 3.41. The average molecular weight is 293 g/mol. The molecule has 0 saturated carbocycles. The summed E-state index contributed by atoms with van der Waals surface area (Å²) in [4.78, 5) is 2.16. The first-order chi connectivity index (χ1) is 10.8. The van der Waals surface area contributed by atoms with Crippen molar-refractivity contribution in [1.29, 1.82) is 0 Å². The van der Waals surface area contributed by atoms with E-state index in [4.69, 9.17) is 4.42 Å². The zero-order chi connectivity index (χ0) is 15.2. The Hall–Kier alpha value is -2.46. The van der Waals surface area contributed by atoms with Gasteiger partial charge in [0.2, 0.25) is 11.8 Å². The topological polar surface area (TPSA) is 42.2 Å². The van der Waals surface area contributed by atoms with E-state index in [1.54, 1.807) is 0 Å². The van der Waals surface area contributed by atoms with Crippen molar-refractivity contribution in [1.82, 2.24) is 15.1 Å². The molecule has 0 amide bonds. The standard InChI is InChI=1S/C18H19N3O/c1-21(13-16-10-6-3-7-11-16)14-18-20-19-17(22-18)12-15-8-4-2-5-9-15/h2-11H,12-14H2,1H3. The van der Waals surface area contributed by atoms with Gasteiger partial charge in [0.15, 0.2) is 0 Å². The third-order valence-electron chi connectivity index (χ3n) is 3.41. The first-order valence-corrected chi connectivity index (χ1v) is 7.37. The van der Waals surface area contributed by atoms with Gasteiger partial charge in [0.25, 0.3) is 0 Å². The maximum atomic E-state index is 5.73. The Morgan fingerprint density at radius 2 is 1.36 bits per heavy atom. The predicted octanol–water partition coefficient (Wildman–Crippen LogP) is 3.29. The number of aromatic nitrogens is 2. The smallest absolute Gasteiger partial charge is 0.230 e. The molecular formula is C18H19N3O. The van der Waals surface area contributed by atoms with Crippen LogP contribution in [0.3, 0.4) is 0 Å². The van der Waals surface area contributed by atoms with Crippen molar-refractivity contribution in [3.63, 3.8) is 0 Å². The fraction of sp³-hybridized carbons (Fsp3) is 0.222. The van der Waals surface area contributed by atoms with Crippen LogP contribution in [-0.4, -0.2) is 22.1 Å². The van der Waals surface area contributed by atoms with Gasteiger partial charge < -0.3 is 4.42 Å². The van der Waals surface area contributed by atoms with Gasteiger partial charge in [-0.2, -0.15) is 0 Å². The molecule has 3 rings (SSSR count). The second-order valence-corrected chi connectivity index (χ2v) is 5.41. The van der Waals surface area contributed by atoms with Crippen LogP contribution in [0.1, 0.15) is 22.9 Å². The molecule has 0 spiro atoms. The van der Waals surface area contributed by atoms with Gasteiger partial charge in [-0.05, 0) is 18.2 Å². The fourth-order valence-corrected chi connectivity index (χ4v) is 2.38. The quantitative estimate of drug-likeness (QED) is 0.699. The molecule has 1 aromatic heterocycles. The van der Waals surface area contributed by atoms with E-state index in [9.17, 15) is 0 Å². The summed E-state index contributed by atoms with van der Waals surface area (Å²) in [5.74, 6) is 1.32. The zero-order valence-corrected chi connectivity index (χ0v) is 12.6. The summed E-state index contributed by atoms with van der Waals surface area (Å²) < 4.78 is 5.73. The Balaban J connectivity index is 1.57. The average Bonchev–Trinajstić information content (AvgIpc) is 2.96. The highest BCUT2D eigenvalue weighted by molar-refractivity contribution is 5.18. The van der Waals surface area contributed by atoms with E-state index in [0.29, 0.717) is 24.7 Å². The Morgan fingerprint density at radius 1 is 0.773 bits per heavy atom. The third kappa shape index (κ3) is 4.02. The van der Waals surface area contributed by atoms with Crippen LogP contribution in [0, 0.1) is 0 Å². The van der Waals surface area contributed by atoms with Crippen molar-refractivity contribution in [3.05, 3.63) is 83.6 Å². The summed E-state index contributed by atoms with van der Waals surface area (Å²) in [6.45, 7) is 1.51. The molecule has 1 heterocycles. The van der Waals surface area contributed by atoms with Crippen LogP contribution in [0.5, 0.6) is 0 Å².